The monoisotopic (exact) mass is 460 g/mol. The lowest BCUT2D eigenvalue weighted by Gasteiger charge is -2.49. The van der Waals surface area contributed by atoms with Crippen molar-refractivity contribution in [3.05, 3.63) is 30.1 Å². The van der Waals surface area contributed by atoms with Gasteiger partial charge in [0.2, 0.25) is 11.8 Å². The van der Waals surface area contributed by atoms with Crippen molar-refractivity contribution in [2.75, 3.05) is 45.8 Å². The number of aryl methyl sites for hydroxylation is 1. The van der Waals surface area contributed by atoms with Crippen LogP contribution < -0.4 is 0 Å². The topological polar surface area (TPSA) is 114 Å². The molecule has 1 aromatic heterocycles. The summed E-state index contributed by atoms with van der Waals surface area (Å²) in [4.78, 5) is 44.0. The number of carboxylic acid groups (broad SMARTS) is 1. The molecule has 9 nitrogen and oxygen atoms in total. The Morgan fingerprint density at radius 3 is 2.45 bits per heavy atom. The Balaban J connectivity index is 0.000000968. The van der Waals surface area contributed by atoms with Crippen LogP contribution in [0.1, 0.15) is 44.1 Å². The largest absolute Gasteiger partial charge is 0.483 e. The van der Waals surface area contributed by atoms with Crippen molar-refractivity contribution >= 4 is 18.3 Å². The minimum Gasteiger partial charge on any atom is -0.483 e. The first-order valence-electron chi connectivity index (χ1n) is 11.9. The second-order valence-electron chi connectivity index (χ2n) is 9.46. The standard InChI is InChI=1S/C23H34N4O3.CH2O2/c28-20-14-23(18-27(16-20)22(30)17-25-10-1-2-11-25)7-12-26(13-8-23)21(29)6-5-19-4-3-9-24-15-19;2-1-3/h3-4,9,15,20,28H,1-2,5-8,10-14,16-18H2;1H,(H,2,3). The molecule has 0 saturated carbocycles. The summed E-state index contributed by atoms with van der Waals surface area (Å²) < 4.78 is 0. The van der Waals surface area contributed by atoms with E-state index >= 15 is 0 Å². The van der Waals surface area contributed by atoms with Gasteiger partial charge in [0.1, 0.15) is 0 Å². The molecule has 1 unspecified atom stereocenters. The maximum Gasteiger partial charge on any atom is 0.290 e. The van der Waals surface area contributed by atoms with Gasteiger partial charge in [-0.25, -0.2) is 0 Å². The number of hydrogen-bond donors (Lipinski definition) is 2. The van der Waals surface area contributed by atoms with Crippen LogP contribution in [0.15, 0.2) is 24.5 Å². The molecule has 2 amide bonds. The number of β-amino-alcohol motifs (C(OH)–C–C–N with tert-alkyl or cyclic N) is 1. The lowest BCUT2D eigenvalue weighted by Crippen LogP contribution is -2.57. The number of hydrogen-bond acceptors (Lipinski definition) is 6. The highest BCUT2D eigenvalue weighted by molar-refractivity contribution is 5.78. The Morgan fingerprint density at radius 1 is 1.12 bits per heavy atom. The highest BCUT2D eigenvalue weighted by atomic mass is 16.3. The fourth-order valence-corrected chi connectivity index (χ4v) is 5.32. The molecular formula is C24H36N4O5. The Morgan fingerprint density at radius 2 is 1.82 bits per heavy atom. The van der Waals surface area contributed by atoms with Crippen LogP contribution in [-0.4, -0.2) is 100 Å². The maximum atomic E-state index is 12.8. The molecule has 3 saturated heterocycles. The molecule has 1 aromatic rings. The van der Waals surface area contributed by atoms with E-state index in [-0.39, 0.29) is 23.7 Å². The number of amides is 2. The number of piperidine rings is 2. The van der Waals surface area contributed by atoms with Crippen LogP contribution in [-0.2, 0) is 20.8 Å². The van der Waals surface area contributed by atoms with E-state index in [1.54, 1.807) is 6.20 Å². The van der Waals surface area contributed by atoms with Crippen LogP contribution in [0, 0.1) is 5.41 Å². The number of aromatic nitrogens is 1. The molecule has 33 heavy (non-hydrogen) atoms. The first-order chi connectivity index (χ1) is 15.9. The van der Waals surface area contributed by atoms with Crippen LogP contribution in [0.4, 0.5) is 0 Å². The third-order valence-electron chi connectivity index (χ3n) is 7.06. The van der Waals surface area contributed by atoms with Crippen molar-refractivity contribution in [2.24, 2.45) is 5.41 Å². The summed E-state index contributed by atoms with van der Waals surface area (Å²) in [5, 5.41) is 17.4. The molecule has 2 N–H and O–H groups in total. The molecule has 0 radical (unpaired) electrons. The smallest absolute Gasteiger partial charge is 0.290 e. The molecule has 4 heterocycles. The first-order valence-corrected chi connectivity index (χ1v) is 11.9. The van der Waals surface area contributed by atoms with Gasteiger partial charge in [-0.1, -0.05) is 6.07 Å². The van der Waals surface area contributed by atoms with Gasteiger partial charge in [-0.05, 0) is 68.7 Å². The number of aliphatic hydroxyl groups is 1. The Bertz CT molecular complexity index is 776. The van der Waals surface area contributed by atoms with E-state index in [1.807, 2.05) is 28.1 Å². The van der Waals surface area contributed by atoms with E-state index < -0.39 is 6.10 Å². The maximum absolute atomic E-state index is 12.8. The lowest BCUT2D eigenvalue weighted by molar-refractivity contribution is -0.144. The predicted octanol–water partition coefficient (Wildman–Crippen LogP) is 1.01. The van der Waals surface area contributed by atoms with Crippen molar-refractivity contribution in [3.8, 4) is 0 Å². The summed E-state index contributed by atoms with van der Waals surface area (Å²) in [6.07, 6.45) is 9.10. The summed E-state index contributed by atoms with van der Waals surface area (Å²) in [6, 6.07) is 3.90. The molecule has 1 spiro atoms. The van der Waals surface area contributed by atoms with Crippen molar-refractivity contribution < 1.29 is 24.6 Å². The van der Waals surface area contributed by atoms with Gasteiger partial charge in [-0.3, -0.25) is 24.3 Å². The molecular weight excluding hydrogens is 424 g/mol. The molecule has 0 bridgehead atoms. The van der Waals surface area contributed by atoms with Crippen molar-refractivity contribution in [2.45, 2.75) is 51.0 Å². The molecule has 0 aliphatic carbocycles. The van der Waals surface area contributed by atoms with Gasteiger partial charge < -0.3 is 20.0 Å². The number of nitrogens with zero attached hydrogens (tertiary/aromatic N) is 4. The van der Waals surface area contributed by atoms with E-state index in [2.05, 4.69) is 9.88 Å². The van der Waals surface area contributed by atoms with Crippen LogP contribution in [0.3, 0.4) is 0 Å². The molecule has 4 rings (SSSR count). The summed E-state index contributed by atoms with van der Waals surface area (Å²) in [5.41, 5.74) is 1.03. The van der Waals surface area contributed by atoms with Crippen LogP contribution in [0.5, 0.6) is 0 Å². The van der Waals surface area contributed by atoms with E-state index in [1.165, 1.54) is 12.8 Å². The molecule has 3 aliphatic rings. The van der Waals surface area contributed by atoms with Gasteiger partial charge in [-0.2, -0.15) is 0 Å². The highest BCUT2D eigenvalue weighted by Crippen LogP contribution is 2.40. The Labute approximate surface area is 195 Å². The zero-order chi connectivity index (χ0) is 23.7. The van der Waals surface area contributed by atoms with Gasteiger partial charge in [-0.15, -0.1) is 0 Å². The SMILES string of the molecule is O=C(CCc1cccnc1)N1CCC2(CC1)CC(O)CN(C(=O)CN1CCCC1)C2.O=CO. The fourth-order valence-electron chi connectivity index (χ4n) is 5.32. The fraction of sp³-hybridized carbons (Fsp3) is 0.667. The number of pyridine rings is 1. The average Bonchev–Trinajstić information content (AvgIpc) is 3.32. The third-order valence-corrected chi connectivity index (χ3v) is 7.06. The minimum atomic E-state index is -0.464. The second kappa shape index (κ2) is 12.1. The number of carbonyl (C=O) groups excluding carboxylic acids is 2. The van der Waals surface area contributed by atoms with Crippen molar-refractivity contribution in [1.29, 1.82) is 0 Å². The number of rotatable bonds is 5. The summed E-state index contributed by atoms with van der Waals surface area (Å²) in [7, 11) is 0. The molecule has 9 heteroatoms. The summed E-state index contributed by atoms with van der Waals surface area (Å²) >= 11 is 0. The molecule has 3 fully saturated rings. The Hall–Kier alpha value is -2.52. The van der Waals surface area contributed by atoms with Gasteiger partial charge in [0.05, 0.1) is 12.6 Å². The molecule has 1 atom stereocenters. The first kappa shape index (κ1) is 25.1. The van der Waals surface area contributed by atoms with E-state index in [0.29, 0.717) is 45.6 Å². The zero-order valence-corrected chi connectivity index (χ0v) is 19.3. The predicted molar refractivity (Wildman–Crippen MR) is 122 cm³/mol. The van der Waals surface area contributed by atoms with Crippen LogP contribution >= 0.6 is 0 Å². The van der Waals surface area contributed by atoms with Crippen LogP contribution in [0.25, 0.3) is 0 Å². The van der Waals surface area contributed by atoms with Gasteiger partial charge in [0, 0.05) is 45.0 Å². The van der Waals surface area contributed by atoms with Gasteiger partial charge >= 0.3 is 0 Å². The number of aliphatic hydroxyl groups excluding tert-OH is 1. The number of carbonyl (C=O) groups is 3. The minimum absolute atomic E-state index is 0.0571. The second-order valence-corrected chi connectivity index (χ2v) is 9.46. The van der Waals surface area contributed by atoms with Gasteiger partial charge in [0.25, 0.3) is 6.47 Å². The summed E-state index contributed by atoms with van der Waals surface area (Å²) in [6.45, 7) is 4.82. The molecule has 182 valence electrons. The highest BCUT2D eigenvalue weighted by Gasteiger charge is 2.43. The molecule has 0 aromatic carbocycles. The number of likely N-dealkylation sites (tertiary alicyclic amines) is 3. The van der Waals surface area contributed by atoms with E-state index in [0.717, 1.165) is 37.9 Å². The van der Waals surface area contributed by atoms with E-state index in [9.17, 15) is 14.7 Å². The molecule has 3 aliphatic heterocycles. The quantitative estimate of drug-likeness (QED) is 0.631. The Kier molecular flexibility index (Phi) is 9.20. The summed E-state index contributed by atoms with van der Waals surface area (Å²) in [5.74, 6) is 0.331. The third kappa shape index (κ3) is 7.23. The van der Waals surface area contributed by atoms with Crippen molar-refractivity contribution in [1.82, 2.24) is 19.7 Å². The zero-order valence-electron chi connectivity index (χ0n) is 19.3. The average molecular weight is 461 g/mol. The normalized spacial score (nSPS) is 22.5. The van der Waals surface area contributed by atoms with Crippen molar-refractivity contribution in [3.63, 3.8) is 0 Å². The van der Waals surface area contributed by atoms with Crippen LogP contribution in [0.2, 0.25) is 0 Å². The lowest BCUT2D eigenvalue weighted by atomic mass is 9.71. The van der Waals surface area contributed by atoms with Gasteiger partial charge in [0.15, 0.2) is 0 Å². The van der Waals surface area contributed by atoms with E-state index in [4.69, 9.17) is 9.90 Å².